The number of rotatable bonds is 11. The van der Waals surface area contributed by atoms with E-state index in [-0.39, 0.29) is 5.91 Å². The number of amides is 1. The number of anilines is 1. The van der Waals surface area contributed by atoms with Crippen molar-refractivity contribution in [2.45, 2.75) is 13.5 Å². The highest BCUT2D eigenvalue weighted by Crippen LogP contribution is 2.41. The van der Waals surface area contributed by atoms with Crippen LogP contribution in [0.15, 0.2) is 102 Å². The first-order chi connectivity index (χ1) is 21.0. The Labute approximate surface area is 251 Å². The van der Waals surface area contributed by atoms with Crippen LogP contribution in [-0.4, -0.2) is 45.0 Å². The number of carbonyl (C=O) groups excluding carboxylic acids is 1. The van der Waals surface area contributed by atoms with Crippen molar-refractivity contribution < 1.29 is 19.0 Å². The molecule has 1 N–H and O–H groups in total. The summed E-state index contributed by atoms with van der Waals surface area (Å²) in [6, 6.07) is 31.4. The van der Waals surface area contributed by atoms with Crippen LogP contribution in [0.1, 0.15) is 28.4 Å². The average Bonchev–Trinajstić information content (AvgIpc) is 3.06. The molecule has 5 aromatic rings. The Hall–Kier alpha value is -5.37. The molecule has 0 aliphatic carbocycles. The quantitative estimate of drug-likeness (QED) is 0.139. The highest BCUT2D eigenvalue weighted by molar-refractivity contribution is 6.07. The van der Waals surface area contributed by atoms with Gasteiger partial charge in [0.2, 0.25) is 5.75 Å². The summed E-state index contributed by atoms with van der Waals surface area (Å²) in [5.41, 5.74) is 8.36. The molecule has 1 heterocycles. The Balaban J connectivity index is 1.36. The number of nitrogens with zero attached hydrogens (tertiary/aromatic N) is 3. The number of hydrazone groups is 1. The summed E-state index contributed by atoms with van der Waals surface area (Å²) in [7, 11) is 4.67. The summed E-state index contributed by atoms with van der Waals surface area (Å²) < 4.78 is 16.5. The standard InChI is InChI=1S/C35H34N4O4/c1-5-39(23-25-11-7-6-8-12-25)27-17-15-24(16-18-27)22-36-38-35(40)29-21-31(37-30-14-10-9-13-28(29)30)26-19-32(41-2)34(43-4)33(20-26)42-3/h6-22H,5,23H2,1-4H3,(H,38,40)/b36-22+. The maximum absolute atomic E-state index is 13.4. The monoisotopic (exact) mass is 574 g/mol. The maximum atomic E-state index is 13.4. The van der Waals surface area contributed by atoms with Crippen molar-refractivity contribution in [2.24, 2.45) is 5.10 Å². The molecule has 0 aliphatic heterocycles. The van der Waals surface area contributed by atoms with E-state index < -0.39 is 0 Å². The Morgan fingerprint density at radius 2 is 1.53 bits per heavy atom. The van der Waals surface area contributed by atoms with Crippen molar-refractivity contribution in [3.63, 3.8) is 0 Å². The molecule has 218 valence electrons. The topological polar surface area (TPSA) is 85.3 Å². The zero-order chi connectivity index (χ0) is 30.2. The molecule has 8 nitrogen and oxygen atoms in total. The fourth-order valence-corrected chi connectivity index (χ4v) is 4.93. The number of carbonyl (C=O) groups is 1. The van der Waals surface area contributed by atoms with Gasteiger partial charge in [-0.3, -0.25) is 4.79 Å². The molecule has 1 aromatic heterocycles. The predicted molar refractivity (Wildman–Crippen MR) is 172 cm³/mol. The van der Waals surface area contributed by atoms with Gasteiger partial charge in [-0.15, -0.1) is 0 Å². The van der Waals surface area contributed by atoms with Gasteiger partial charge in [0.25, 0.3) is 5.91 Å². The second-order valence-corrected chi connectivity index (χ2v) is 9.78. The van der Waals surface area contributed by atoms with Crippen LogP contribution in [0.4, 0.5) is 5.69 Å². The number of aromatic nitrogens is 1. The molecular formula is C35H34N4O4. The molecule has 0 radical (unpaired) electrons. The first-order valence-electron chi connectivity index (χ1n) is 14.0. The molecule has 0 aliphatic rings. The minimum atomic E-state index is -0.347. The van der Waals surface area contributed by atoms with Crippen LogP contribution in [0.3, 0.4) is 0 Å². The largest absolute Gasteiger partial charge is 0.493 e. The number of benzene rings is 4. The second-order valence-electron chi connectivity index (χ2n) is 9.78. The lowest BCUT2D eigenvalue weighted by atomic mass is 10.0. The fourth-order valence-electron chi connectivity index (χ4n) is 4.93. The van der Waals surface area contributed by atoms with Gasteiger partial charge >= 0.3 is 0 Å². The van der Waals surface area contributed by atoms with Gasteiger partial charge in [0, 0.05) is 29.7 Å². The van der Waals surface area contributed by atoms with Crippen molar-refractivity contribution in [3.05, 3.63) is 114 Å². The van der Waals surface area contributed by atoms with E-state index in [0.29, 0.717) is 45.0 Å². The van der Waals surface area contributed by atoms with Crippen molar-refractivity contribution in [3.8, 4) is 28.5 Å². The number of pyridine rings is 1. The van der Waals surface area contributed by atoms with E-state index in [0.717, 1.165) is 24.3 Å². The Bertz CT molecular complexity index is 1710. The zero-order valence-electron chi connectivity index (χ0n) is 24.7. The zero-order valence-corrected chi connectivity index (χ0v) is 24.7. The highest BCUT2D eigenvalue weighted by Gasteiger charge is 2.18. The average molecular weight is 575 g/mol. The smallest absolute Gasteiger partial charge is 0.272 e. The molecule has 43 heavy (non-hydrogen) atoms. The van der Waals surface area contributed by atoms with E-state index in [1.165, 1.54) is 5.56 Å². The number of para-hydroxylation sites is 1. The number of methoxy groups -OCH3 is 3. The SMILES string of the molecule is CCN(Cc1ccccc1)c1ccc(/C=N/NC(=O)c2cc(-c3cc(OC)c(OC)c(OC)c3)nc3ccccc23)cc1. The van der Waals surface area contributed by atoms with E-state index in [1.807, 2.05) is 54.6 Å². The first kappa shape index (κ1) is 29.1. The minimum absolute atomic E-state index is 0.347. The third-order valence-electron chi connectivity index (χ3n) is 7.16. The molecule has 0 unspecified atom stereocenters. The molecule has 0 bridgehead atoms. The summed E-state index contributed by atoms with van der Waals surface area (Å²) in [5.74, 6) is 1.12. The van der Waals surface area contributed by atoms with Gasteiger partial charge in [-0.25, -0.2) is 10.4 Å². The number of hydrogen-bond donors (Lipinski definition) is 1. The Morgan fingerprint density at radius 1 is 0.860 bits per heavy atom. The Kier molecular flexibility index (Phi) is 9.17. The van der Waals surface area contributed by atoms with Gasteiger partial charge < -0.3 is 19.1 Å². The number of nitrogens with one attached hydrogen (secondary N) is 1. The molecule has 5 rings (SSSR count). The lowest BCUT2D eigenvalue weighted by Gasteiger charge is -2.23. The lowest BCUT2D eigenvalue weighted by molar-refractivity contribution is 0.0956. The molecule has 1 amide bonds. The van der Waals surface area contributed by atoms with Crippen LogP contribution in [-0.2, 0) is 6.54 Å². The van der Waals surface area contributed by atoms with E-state index in [9.17, 15) is 4.79 Å². The predicted octanol–water partition coefficient (Wildman–Crippen LogP) is 6.72. The van der Waals surface area contributed by atoms with Gasteiger partial charge in [0.15, 0.2) is 11.5 Å². The molecular weight excluding hydrogens is 540 g/mol. The van der Waals surface area contributed by atoms with Gasteiger partial charge in [-0.2, -0.15) is 5.10 Å². The second kappa shape index (κ2) is 13.5. The fraction of sp³-hybridized carbons (Fsp3) is 0.171. The van der Waals surface area contributed by atoms with Crippen LogP contribution in [0.2, 0.25) is 0 Å². The summed E-state index contributed by atoms with van der Waals surface area (Å²) in [4.78, 5) is 20.5. The lowest BCUT2D eigenvalue weighted by Crippen LogP contribution is -2.21. The van der Waals surface area contributed by atoms with Crippen LogP contribution in [0.5, 0.6) is 17.2 Å². The van der Waals surface area contributed by atoms with Gasteiger partial charge in [0.05, 0.1) is 44.3 Å². The van der Waals surface area contributed by atoms with E-state index in [4.69, 9.17) is 19.2 Å². The van der Waals surface area contributed by atoms with Gasteiger partial charge in [0.1, 0.15) is 0 Å². The normalized spacial score (nSPS) is 11.0. The molecule has 0 spiro atoms. The van der Waals surface area contributed by atoms with E-state index in [2.05, 4.69) is 58.7 Å². The molecule has 8 heteroatoms. The van der Waals surface area contributed by atoms with Crippen molar-refractivity contribution in [1.29, 1.82) is 0 Å². The summed E-state index contributed by atoms with van der Waals surface area (Å²) >= 11 is 0. The third-order valence-corrected chi connectivity index (χ3v) is 7.16. The van der Waals surface area contributed by atoms with Gasteiger partial charge in [-0.05, 0) is 54.4 Å². The van der Waals surface area contributed by atoms with Crippen molar-refractivity contribution in [1.82, 2.24) is 10.4 Å². The third kappa shape index (κ3) is 6.59. The first-order valence-corrected chi connectivity index (χ1v) is 14.0. The number of fused-ring (bicyclic) bond motifs is 1. The molecule has 0 saturated heterocycles. The van der Waals surface area contributed by atoms with Crippen LogP contribution >= 0.6 is 0 Å². The highest BCUT2D eigenvalue weighted by atomic mass is 16.5. The van der Waals surface area contributed by atoms with Gasteiger partial charge in [-0.1, -0.05) is 60.7 Å². The number of ether oxygens (including phenoxy) is 3. The van der Waals surface area contributed by atoms with Crippen LogP contribution in [0, 0.1) is 0 Å². The molecule has 0 saturated carbocycles. The van der Waals surface area contributed by atoms with Crippen molar-refractivity contribution in [2.75, 3.05) is 32.8 Å². The van der Waals surface area contributed by atoms with Crippen LogP contribution < -0.4 is 24.5 Å². The molecule has 0 atom stereocenters. The van der Waals surface area contributed by atoms with Crippen molar-refractivity contribution >= 4 is 28.7 Å². The minimum Gasteiger partial charge on any atom is -0.493 e. The number of hydrogen-bond acceptors (Lipinski definition) is 7. The van der Waals surface area contributed by atoms with E-state index in [1.54, 1.807) is 33.6 Å². The van der Waals surface area contributed by atoms with E-state index >= 15 is 0 Å². The Morgan fingerprint density at radius 3 is 2.19 bits per heavy atom. The molecule has 4 aromatic carbocycles. The summed E-state index contributed by atoms with van der Waals surface area (Å²) in [5, 5.41) is 4.97. The van der Waals surface area contributed by atoms with Crippen LogP contribution in [0.25, 0.3) is 22.2 Å². The summed E-state index contributed by atoms with van der Waals surface area (Å²) in [6.07, 6.45) is 1.64. The maximum Gasteiger partial charge on any atom is 0.272 e. The summed E-state index contributed by atoms with van der Waals surface area (Å²) in [6.45, 7) is 3.86. The molecule has 0 fully saturated rings.